The smallest absolute Gasteiger partial charge is 0.317 e. The number of hydrogen-bond acceptors (Lipinski definition) is 5. The third-order valence-electron chi connectivity index (χ3n) is 4.61. The molecule has 0 aliphatic carbocycles. The number of methoxy groups -OCH3 is 2. The molecule has 2 aliphatic rings. The van der Waals surface area contributed by atoms with Gasteiger partial charge in [-0.2, -0.15) is 0 Å². The normalized spacial score (nSPS) is 27.5. The van der Waals surface area contributed by atoms with E-state index in [0.29, 0.717) is 23.2 Å². The molecular formula is C17H20N2O4S. The first-order valence-corrected chi connectivity index (χ1v) is 8.01. The summed E-state index contributed by atoms with van der Waals surface area (Å²) in [7, 11) is 2.96. The first-order chi connectivity index (χ1) is 11.5. The average Bonchev–Trinajstić information content (AvgIpc) is 2.57. The summed E-state index contributed by atoms with van der Waals surface area (Å²) in [5.41, 5.74) is -0.182. The highest BCUT2D eigenvalue weighted by molar-refractivity contribution is 7.80. The number of nitrogens with one attached hydrogen (secondary N) is 1. The summed E-state index contributed by atoms with van der Waals surface area (Å²) < 4.78 is 16.8. The summed E-state index contributed by atoms with van der Waals surface area (Å²) in [6.07, 6.45) is 1.72. The van der Waals surface area contributed by atoms with Crippen LogP contribution in [0.1, 0.15) is 18.5 Å². The average molecular weight is 348 g/mol. The highest BCUT2D eigenvalue weighted by Gasteiger charge is 2.59. The van der Waals surface area contributed by atoms with Gasteiger partial charge in [0, 0.05) is 12.1 Å². The highest BCUT2D eigenvalue weighted by Crippen LogP contribution is 2.51. The number of benzene rings is 1. The molecule has 1 aromatic rings. The number of fused-ring (bicyclic) bond motifs is 4. The lowest BCUT2D eigenvalue weighted by Gasteiger charge is -2.55. The van der Waals surface area contributed by atoms with Gasteiger partial charge >= 0.3 is 5.97 Å². The summed E-state index contributed by atoms with van der Waals surface area (Å²) in [5, 5.41) is 3.76. The minimum absolute atomic E-state index is 0.352. The fourth-order valence-corrected chi connectivity index (χ4v) is 3.86. The highest BCUT2D eigenvalue weighted by atomic mass is 32.1. The van der Waals surface area contributed by atoms with Crippen molar-refractivity contribution in [1.82, 2.24) is 10.2 Å². The Morgan fingerprint density at radius 2 is 2.29 bits per heavy atom. The van der Waals surface area contributed by atoms with Crippen LogP contribution >= 0.6 is 12.2 Å². The van der Waals surface area contributed by atoms with Gasteiger partial charge in [-0.05, 0) is 25.2 Å². The largest absolute Gasteiger partial charge is 0.493 e. The molecular weight excluding hydrogens is 328 g/mol. The van der Waals surface area contributed by atoms with Gasteiger partial charge in [0.2, 0.25) is 0 Å². The van der Waals surface area contributed by atoms with Gasteiger partial charge in [-0.25, -0.2) is 0 Å². The van der Waals surface area contributed by atoms with E-state index in [4.69, 9.17) is 26.4 Å². The number of hydrogen-bond donors (Lipinski definition) is 1. The Balaban J connectivity index is 2.21. The minimum Gasteiger partial charge on any atom is -0.493 e. The zero-order valence-corrected chi connectivity index (χ0v) is 14.7. The monoisotopic (exact) mass is 348 g/mol. The fraction of sp³-hybridized carbons (Fsp3) is 0.412. The molecule has 2 heterocycles. The van der Waals surface area contributed by atoms with Crippen LogP contribution in [-0.2, 0) is 9.53 Å². The predicted octanol–water partition coefficient (Wildman–Crippen LogP) is 2.01. The van der Waals surface area contributed by atoms with Gasteiger partial charge in [0.15, 0.2) is 22.3 Å². The molecule has 0 radical (unpaired) electrons. The maximum Gasteiger partial charge on any atom is 0.317 e. The van der Waals surface area contributed by atoms with Crippen molar-refractivity contribution in [3.05, 3.63) is 36.4 Å². The Labute approximate surface area is 146 Å². The number of esters is 1. The lowest BCUT2D eigenvalue weighted by atomic mass is 9.79. The van der Waals surface area contributed by atoms with Crippen LogP contribution in [0.3, 0.4) is 0 Å². The van der Waals surface area contributed by atoms with E-state index in [0.717, 1.165) is 5.56 Å². The molecule has 0 amide bonds. The number of para-hydroxylation sites is 1. The maximum absolute atomic E-state index is 12.5. The Kier molecular flexibility index (Phi) is 4.13. The van der Waals surface area contributed by atoms with Gasteiger partial charge in [0.25, 0.3) is 0 Å². The number of carbonyl (C=O) groups is 1. The Morgan fingerprint density at radius 3 is 2.92 bits per heavy atom. The Hall–Kier alpha value is -2.28. The quantitative estimate of drug-likeness (QED) is 0.507. The molecule has 6 nitrogen and oxygen atoms in total. The summed E-state index contributed by atoms with van der Waals surface area (Å²) >= 11 is 5.49. The van der Waals surface area contributed by atoms with Gasteiger partial charge in [0.1, 0.15) is 5.92 Å². The number of thiocarbonyl (C=S) groups is 1. The zero-order valence-electron chi connectivity index (χ0n) is 13.9. The molecule has 3 rings (SSSR count). The summed E-state index contributed by atoms with van der Waals surface area (Å²) in [5.74, 6) is 0.269. The third-order valence-corrected chi connectivity index (χ3v) is 4.95. The molecule has 1 saturated heterocycles. The van der Waals surface area contributed by atoms with E-state index in [1.54, 1.807) is 13.2 Å². The van der Waals surface area contributed by atoms with Gasteiger partial charge < -0.3 is 24.4 Å². The molecule has 0 aromatic heterocycles. The molecule has 1 N–H and O–H groups in total. The second-order valence-electron chi connectivity index (χ2n) is 5.86. The molecule has 128 valence electrons. The number of ether oxygens (including phenoxy) is 3. The topological polar surface area (TPSA) is 60.0 Å². The summed E-state index contributed by atoms with van der Waals surface area (Å²) in [4.78, 5) is 14.3. The summed E-state index contributed by atoms with van der Waals surface area (Å²) in [6.45, 7) is 6.05. The second kappa shape index (κ2) is 5.98. The van der Waals surface area contributed by atoms with Gasteiger partial charge in [0.05, 0.1) is 20.3 Å². The number of carbonyl (C=O) groups excluding carboxylic acids is 1. The fourth-order valence-electron chi connectivity index (χ4n) is 3.48. The Bertz CT molecular complexity index is 708. The van der Waals surface area contributed by atoms with Crippen molar-refractivity contribution in [3.63, 3.8) is 0 Å². The first-order valence-electron chi connectivity index (χ1n) is 7.60. The van der Waals surface area contributed by atoms with Gasteiger partial charge in [-0.15, -0.1) is 6.58 Å². The van der Waals surface area contributed by atoms with Crippen molar-refractivity contribution in [2.45, 2.75) is 18.7 Å². The molecule has 0 saturated carbocycles. The minimum atomic E-state index is -1.00. The van der Waals surface area contributed by atoms with Crippen LogP contribution in [0.25, 0.3) is 0 Å². The van der Waals surface area contributed by atoms with Crippen molar-refractivity contribution >= 4 is 23.3 Å². The van der Waals surface area contributed by atoms with Crippen molar-refractivity contribution in [2.24, 2.45) is 5.92 Å². The molecule has 0 spiro atoms. The van der Waals surface area contributed by atoms with Gasteiger partial charge in [-0.3, -0.25) is 4.79 Å². The van der Waals surface area contributed by atoms with E-state index in [1.165, 1.54) is 7.11 Å². The van der Waals surface area contributed by atoms with E-state index in [-0.39, 0.29) is 12.0 Å². The zero-order chi connectivity index (χ0) is 17.5. The van der Waals surface area contributed by atoms with Crippen molar-refractivity contribution in [3.8, 4) is 11.5 Å². The second-order valence-corrected chi connectivity index (χ2v) is 6.25. The van der Waals surface area contributed by atoms with Crippen molar-refractivity contribution < 1.29 is 19.0 Å². The molecule has 2 aliphatic heterocycles. The van der Waals surface area contributed by atoms with Gasteiger partial charge in [-0.1, -0.05) is 18.2 Å². The van der Waals surface area contributed by atoms with E-state index in [9.17, 15) is 4.79 Å². The van der Waals surface area contributed by atoms with Crippen LogP contribution in [0.5, 0.6) is 11.5 Å². The lowest BCUT2D eigenvalue weighted by Crippen LogP contribution is -2.71. The predicted molar refractivity (Wildman–Crippen MR) is 92.9 cm³/mol. The van der Waals surface area contributed by atoms with Crippen molar-refractivity contribution in [1.29, 1.82) is 0 Å². The van der Waals surface area contributed by atoms with E-state index >= 15 is 0 Å². The molecule has 3 atom stereocenters. The number of rotatable bonds is 4. The van der Waals surface area contributed by atoms with Crippen LogP contribution < -0.4 is 14.8 Å². The van der Waals surface area contributed by atoms with Crippen LogP contribution in [0, 0.1) is 5.92 Å². The van der Waals surface area contributed by atoms with Crippen molar-refractivity contribution in [2.75, 3.05) is 20.8 Å². The van der Waals surface area contributed by atoms with Crippen LogP contribution in [0.15, 0.2) is 30.9 Å². The maximum atomic E-state index is 12.5. The Morgan fingerprint density at radius 1 is 1.54 bits per heavy atom. The molecule has 1 fully saturated rings. The van der Waals surface area contributed by atoms with Crippen LogP contribution in [0.4, 0.5) is 0 Å². The SMILES string of the molecule is C=CCN1C(=S)N[C@H]2c3cccc(OC)c3O[C@@]1(C)[C@@H]2C(=O)OC. The van der Waals surface area contributed by atoms with E-state index in [1.807, 2.05) is 30.0 Å². The molecule has 2 bridgehead atoms. The lowest BCUT2D eigenvalue weighted by molar-refractivity contribution is -0.172. The summed E-state index contributed by atoms with van der Waals surface area (Å²) in [6, 6.07) is 5.23. The van der Waals surface area contributed by atoms with Crippen LogP contribution in [0.2, 0.25) is 0 Å². The number of nitrogens with zero attached hydrogens (tertiary/aromatic N) is 1. The van der Waals surface area contributed by atoms with E-state index in [2.05, 4.69) is 11.9 Å². The first kappa shape index (κ1) is 16.6. The van der Waals surface area contributed by atoms with E-state index < -0.39 is 11.6 Å². The molecule has 1 aromatic carbocycles. The molecule has 24 heavy (non-hydrogen) atoms. The standard InChI is InChI=1S/C17H20N2O4S/c1-5-9-19-16(24)18-13-10-7-6-8-11(21-3)14(10)23-17(19,2)12(13)15(20)22-4/h5-8,12-13H,1,9H2,2-4H3,(H,18,24)/t12-,13-,17-/m0/s1. The molecule has 7 heteroatoms. The van der Waals surface area contributed by atoms with Crippen LogP contribution in [-0.4, -0.2) is 42.5 Å². The third kappa shape index (κ3) is 2.23. The molecule has 0 unspecified atom stereocenters.